The average molecular weight is 330 g/mol. The monoisotopic (exact) mass is 329 g/mol. The molecule has 5 heteroatoms. The van der Waals surface area contributed by atoms with Crippen molar-refractivity contribution < 1.29 is 13.6 Å². The molecule has 0 aliphatic rings. The first kappa shape index (κ1) is 15.3. The van der Waals surface area contributed by atoms with Crippen molar-refractivity contribution in [1.29, 1.82) is 0 Å². The number of amides is 1. The van der Waals surface area contributed by atoms with Gasteiger partial charge in [-0.25, -0.2) is 4.39 Å². The fourth-order valence-electron chi connectivity index (χ4n) is 2.20. The number of furan rings is 1. The molecule has 1 N–H and O–H groups in total. The summed E-state index contributed by atoms with van der Waals surface area (Å²) in [7, 11) is 0. The number of aryl methyl sites for hydroxylation is 1. The first-order valence-electron chi connectivity index (χ1n) is 6.96. The summed E-state index contributed by atoms with van der Waals surface area (Å²) in [5.74, 6) is 0.434. The molecule has 0 radical (unpaired) electrons. The van der Waals surface area contributed by atoms with Gasteiger partial charge < -0.3 is 9.73 Å². The van der Waals surface area contributed by atoms with Gasteiger partial charge in [0.05, 0.1) is 5.56 Å². The molecule has 0 fully saturated rings. The summed E-state index contributed by atoms with van der Waals surface area (Å²) in [5.41, 5.74) is 1.78. The molecule has 3 aromatic rings. The van der Waals surface area contributed by atoms with Crippen LogP contribution in [-0.4, -0.2) is 5.91 Å². The van der Waals surface area contributed by atoms with Crippen molar-refractivity contribution in [2.75, 3.05) is 5.32 Å². The van der Waals surface area contributed by atoms with E-state index in [1.54, 1.807) is 25.1 Å². The molecular weight excluding hydrogens is 317 g/mol. The van der Waals surface area contributed by atoms with Gasteiger partial charge in [-0.3, -0.25) is 4.79 Å². The van der Waals surface area contributed by atoms with Gasteiger partial charge in [-0.15, -0.1) is 0 Å². The number of anilines is 1. The van der Waals surface area contributed by atoms with Gasteiger partial charge in [0.1, 0.15) is 17.3 Å². The molecule has 3 nitrogen and oxygen atoms in total. The predicted octanol–water partition coefficient (Wildman–Crippen LogP) is 5.30. The fourth-order valence-corrected chi connectivity index (χ4v) is 2.32. The highest BCUT2D eigenvalue weighted by Crippen LogP contribution is 2.27. The predicted molar refractivity (Wildman–Crippen MR) is 88.2 cm³/mol. The number of carbonyl (C=O) groups is 1. The second-order valence-electron chi connectivity index (χ2n) is 5.05. The lowest BCUT2D eigenvalue weighted by atomic mass is 10.1. The molecule has 2 aromatic carbocycles. The number of hydrogen-bond acceptors (Lipinski definition) is 2. The number of hydrogen-bond donors (Lipinski definition) is 1. The standard InChI is InChI=1S/C18H13ClFNO2/c1-11-16(18(22)21-15-8-6-14(20)7-9-15)10-17(23-11)12-2-4-13(19)5-3-12/h2-10H,1H3,(H,21,22). The summed E-state index contributed by atoms with van der Waals surface area (Å²) in [6.07, 6.45) is 0. The average Bonchev–Trinajstić information content (AvgIpc) is 2.92. The zero-order valence-corrected chi connectivity index (χ0v) is 13.0. The zero-order chi connectivity index (χ0) is 16.4. The summed E-state index contributed by atoms with van der Waals surface area (Å²) in [5, 5.41) is 3.34. The summed E-state index contributed by atoms with van der Waals surface area (Å²) < 4.78 is 18.5. The van der Waals surface area contributed by atoms with Crippen LogP contribution in [0.4, 0.5) is 10.1 Å². The summed E-state index contributed by atoms with van der Waals surface area (Å²) in [6, 6.07) is 14.4. The van der Waals surface area contributed by atoms with Crippen LogP contribution in [0.1, 0.15) is 16.1 Å². The van der Waals surface area contributed by atoms with Crippen molar-refractivity contribution >= 4 is 23.2 Å². The van der Waals surface area contributed by atoms with Gasteiger partial charge in [0, 0.05) is 16.3 Å². The summed E-state index contributed by atoms with van der Waals surface area (Å²) in [6.45, 7) is 1.72. The van der Waals surface area contributed by atoms with E-state index in [0.29, 0.717) is 27.8 Å². The van der Waals surface area contributed by atoms with Gasteiger partial charge in [0.2, 0.25) is 0 Å². The third-order valence-corrected chi connectivity index (χ3v) is 3.65. The van der Waals surface area contributed by atoms with E-state index >= 15 is 0 Å². The minimum atomic E-state index is -0.354. The molecular formula is C18H13ClFNO2. The van der Waals surface area contributed by atoms with E-state index in [1.165, 1.54) is 24.3 Å². The second kappa shape index (κ2) is 6.26. The molecule has 23 heavy (non-hydrogen) atoms. The molecule has 1 amide bonds. The number of benzene rings is 2. The molecule has 0 saturated heterocycles. The van der Waals surface area contributed by atoms with Crippen LogP contribution in [-0.2, 0) is 0 Å². The molecule has 0 atom stereocenters. The maximum Gasteiger partial charge on any atom is 0.259 e. The molecule has 3 rings (SSSR count). The number of halogens is 2. The molecule has 1 aromatic heterocycles. The Kier molecular flexibility index (Phi) is 4.17. The van der Waals surface area contributed by atoms with Crippen LogP contribution in [0.15, 0.2) is 59.0 Å². The second-order valence-corrected chi connectivity index (χ2v) is 5.48. The van der Waals surface area contributed by atoms with Crippen molar-refractivity contribution in [3.63, 3.8) is 0 Å². The first-order chi connectivity index (χ1) is 11.0. The Morgan fingerprint density at radius 2 is 1.74 bits per heavy atom. The van der Waals surface area contributed by atoms with Gasteiger partial charge in [-0.1, -0.05) is 11.6 Å². The number of rotatable bonds is 3. The van der Waals surface area contributed by atoms with Crippen LogP contribution in [0.25, 0.3) is 11.3 Å². The Morgan fingerprint density at radius 1 is 1.09 bits per heavy atom. The van der Waals surface area contributed by atoms with Crippen molar-refractivity contribution in [3.8, 4) is 11.3 Å². The highest BCUT2D eigenvalue weighted by molar-refractivity contribution is 6.30. The third kappa shape index (κ3) is 3.43. The van der Waals surface area contributed by atoms with Crippen LogP contribution in [0.3, 0.4) is 0 Å². The fraction of sp³-hybridized carbons (Fsp3) is 0.0556. The summed E-state index contributed by atoms with van der Waals surface area (Å²) >= 11 is 5.87. The molecule has 0 bridgehead atoms. The quantitative estimate of drug-likeness (QED) is 0.708. The van der Waals surface area contributed by atoms with E-state index < -0.39 is 0 Å². The van der Waals surface area contributed by atoms with Crippen molar-refractivity contribution in [3.05, 3.63) is 76.8 Å². The molecule has 1 heterocycles. The Labute approximate surface area is 137 Å². The summed E-state index contributed by atoms with van der Waals surface area (Å²) in [4.78, 5) is 12.3. The zero-order valence-electron chi connectivity index (χ0n) is 12.3. The van der Waals surface area contributed by atoms with E-state index in [0.717, 1.165) is 5.56 Å². The van der Waals surface area contributed by atoms with Crippen molar-refractivity contribution in [1.82, 2.24) is 0 Å². The van der Waals surface area contributed by atoms with E-state index in [9.17, 15) is 9.18 Å². The third-order valence-electron chi connectivity index (χ3n) is 3.39. The lowest BCUT2D eigenvalue weighted by molar-refractivity contribution is 0.102. The van der Waals surface area contributed by atoms with E-state index in [4.69, 9.17) is 16.0 Å². The smallest absolute Gasteiger partial charge is 0.259 e. The number of nitrogens with one attached hydrogen (secondary N) is 1. The minimum absolute atomic E-state index is 0.307. The van der Waals surface area contributed by atoms with Crippen LogP contribution in [0.5, 0.6) is 0 Å². The number of carbonyl (C=O) groups excluding carboxylic acids is 1. The van der Waals surface area contributed by atoms with E-state index in [2.05, 4.69) is 5.32 Å². The van der Waals surface area contributed by atoms with Crippen LogP contribution >= 0.6 is 11.6 Å². The van der Waals surface area contributed by atoms with Crippen LogP contribution < -0.4 is 5.32 Å². The van der Waals surface area contributed by atoms with Gasteiger partial charge >= 0.3 is 0 Å². The van der Waals surface area contributed by atoms with Gasteiger partial charge in [0.25, 0.3) is 5.91 Å². The lowest BCUT2D eigenvalue weighted by Crippen LogP contribution is -2.11. The Morgan fingerprint density at radius 3 is 2.39 bits per heavy atom. The van der Waals surface area contributed by atoms with Gasteiger partial charge in [-0.05, 0) is 61.5 Å². The normalized spacial score (nSPS) is 10.6. The van der Waals surface area contributed by atoms with E-state index in [-0.39, 0.29) is 11.7 Å². The van der Waals surface area contributed by atoms with Gasteiger partial charge in [-0.2, -0.15) is 0 Å². The molecule has 0 aliphatic heterocycles. The largest absolute Gasteiger partial charge is 0.461 e. The maximum atomic E-state index is 12.9. The highest BCUT2D eigenvalue weighted by Gasteiger charge is 2.16. The molecule has 0 spiro atoms. The lowest BCUT2D eigenvalue weighted by Gasteiger charge is -2.03. The molecule has 116 valence electrons. The minimum Gasteiger partial charge on any atom is -0.461 e. The Hall–Kier alpha value is -2.59. The molecule has 0 aliphatic carbocycles. The molecule has 0 unspecified atom stereocenters. The van der Waals surface area contributed by atoms with Crippen molar-refractivity contribution in [2.24, 2.45) is 0 Å². The van der Waals surface area contributed by atoms with Gasteiger partial charge in [0.15, 0.2) is 0 Å². The van der Waals surface area contributed by atoms with E-state index in [1.807, 2.05) is 12.1 Å². The first-order valence-corrected chi connectivity index (χ1v) is 7.34. The van der Waals surface area contributed by atoms with Crippen LogP contribution in [0.2, 0.25) is 5.02 Å². The maximum absolute atomic E-state index is 12.9. The topological polar surface area (TPSA) is 42.2 Å². The molecule has 0 saturated carbocycles. The SMILES string of the molecule is Cc1oc(-c2ccc(Cl)cc2)cc1C(=O)Nc1ccc(F)cc1. The highest BCUT2D eigenvalue weighted by atomic mass is 35.5. The van der Waals surface area contributed by atoms with Crippen LogP contribution in [0, 0.1) is 12.7 Å². The Bertz CT molecular complexity index is 838. The van der Waals surface area contributed by atoms with Crippen molar-refractivity contribution in [2.45, 2.75) is 6.92 Å². The Balaban J connectivity index is 1.84.